The zero-order valence-electron chi connectivity index (χ0n) is 16.3. The van der Waals surface area contributed by atoms with Gasteiger partial charge in [0.15, 0.2) is 5.13 Å². The van der Waals surface area contributed by atoms with E-state index in [2.05, 4.69) is 36.8 Å². The van der Waals surface area contributed by atoms with Gasteiger partial charge in [-0.2, -0.15) is 0 Å². The molecule has 1 unspecified atom stereocenters. The van der Waals surface area contributed by atoms with Crippen LogP contribution in [0.1, 0.15) is 17.2 Å². The van der Waals surface area contributed by atoms with Crippen LogP contribution in [0.3, 0.4) is 0 Å². The van der Waals surface area contributed by atoms with Gasteiger partial charge < -0.3 is 5.11 Å². The van der Waals surface area contributed by atoms with Crippen molar-refractivity contribution >= 4 is 76.0 Å². The van der Waals surface area contributed by atoms with E-state index < -0.39 is 17.7 Å². The maximum Gasteiger partial charge on any atom is 0.301 e. The Balaban J connectivity index is 1.73. The summed E-state index contributed by atoms with van der Waals surface area (Å²) in [6, 6.07) is 21.0. The largest absolute Gasteiger partial charge is 0.507 e. The summed E-state index contributed by atoms with van der Waals surface area (Å²) in [4.78, 5) is 32.4. The van der Waals surface area contributed by atoms with Gasteiger partial charge in [-0.05, 0) is 35.9 Å². The van der Waals surface area contributed by atoms with Gasteiger partial charge >= 0.3 is 5.91 Å². The average molecular weight is 570 g/mol. The average Bonchev–Trinajstić information content (AvgIpc) is 3.32. The predicted molar refractivity (Wildman–Crippen MR) is 133 cm³/mol. The molecule has 0 bridgehead atoms. The van der Waals surface area contributed by atoms with E-state index in [0.29, 0.717) is 16.3 Å². The van der Waals surface area contributed by atoms with E-state index in [9.17, 15) is 14.7 Å². The zero-order valence-corrected chi connectivity index (χ0v) is 20.3. The maximum absolute atomic E-state index is 13.2. The normalized spacial score (nSPS) is 17.9. The van der Waals surface area contributed by atoms with E-state index >= 15 is 0 Å². The molecule has 4 aromatic rings. The van der Waals surface area contributed by atoms with Crippen LogP contribution in [0.2, 0.25) is 0 Å². The number of carbonyl (C=O) groups is 2. The minimum atomic E-state index is -0.799. The van der Waals surface area contributed by atoms with Gasteiger partial charge in [0.05, 0.1) is 21.8 Å². The minimum absolute atomic E-state index is 0.0453. The van der Waals surface area contributed by atoms with Gasteiger partial charge in [-0.25, -0.2) is 4.98 Å². The molecule has 1 aliphatic rings. The van der Waals surface area contributed by atoms with Gasteiger partial charge in [0.25, 0.3) is 5.78 Å². The van der Waals surface area contributed by atoms with Crippen LogP contribution in [-0.2, 0) is 9.59 Å². The standard InChI is InChI=1S/C24H14Br2N2O3S/c25-15-8-6-13(7-9-15)20-19(21(29)14-4-2-1-3-5-14)22(30)23(31)28(20)24-27-17-11-10-16(26)12-18(17)32-24/h1-12,20,29H. The molecule has 1 atom stereocenters. The zero-order chi connectivity index (χ0) is 22.4. The van der Waals surface area contributed by atoms with Crippen LogP contribution < -0.4 is 4.90 Å². The fraction of sp³-hybridized carbons (Fsp3) is 0.0417. The summed E-state index contributed by atoms with van der Waals surface area (Å²) in [5.41, 5.74) is 1.95. The van der Waals surface area contributed by atoms with Gasteiger partial charge in [0.2, 0.25) is 0 Å². The molecule has 32 heavy (non-hydrogen) atoms. The highest BCUT2D eigenvalue weighted by molar-refractivity contribution is 9.10. The van der Waals surface area contributed by atoms with Gasteiger partial charge in [-0.15, -0.1) is 0 Å². The van der Waals surface area contributed by atoms with E-state index in [1.54, 1.807) is 24.3 Å². The van der Waals surface area contributed by atoms with Gasteiger partial charge in [-0.1, -0.05) is 85.7 Å². The highest BCUT2D eigenvalue weighted by atomic mass is 79.9. The molecule has 3 aromatic carbocycles. The van der Waals surface area contributed by atoms with E-state index in [-0.39, 0.29) is 11.3 Å². The summed E-state index contributed by atoms with van der Waals surface area (Å²) in [5, 5.41) is 11.5. The minimum Gasteiger partial charge on any atom is -0.507 e. The fourth-order valence-corrected chi connectivity index (χ4v) is 5.54. The molecule has 1 N–H and O–H groups in total. The molecule has 1 saturated heterocycles. The van der Waals surface area contributed by atoms with Crippen LogP contribution in [0.15, 0.2) is 87.3 Å². The summed E-state index contributed by atoms with van der Waals surface area (Å²) in [5.74, 6) is -1.66. The number of hydrogen-bond acceptors (Lipinski definition) is 5. The van der Waals surface area contributed by atoms with Gasteiger partial charge in [0, 0.05) is 14.5 Å². The SMILES string of the molecule is O=C1C(=O)N(c2nc3ccc(Br)cc3s2)C(c2ccc(Br)cc2)C1=C(O)c1ccccc1. The first-order chi connectivity index (χ1) is 15.4. The highest BCUT2D eigenvalue weighted by Gasteiger charge is 2.48. The molecule has 2 heterocycles. The molecular weight excluding hydrogens is 556 g/mol. The third-order valence-electron chi connectivity index (χ3n) is 5.22. The lowest BCUT2D eigenvalue weighted by atomic mass is 9.95. The number of amides is 1. The van der Waals surface area contributed by atoms with E-state index in [1.165, 1.54) is 16.2 Å². The Bertz CT molecular complexity index is 1400. The number of rotatable bonds is 3. The van der Waals surface area contributed by atoms with E-state index in [1.807, 2.05) is 48.5 Å². The lowest BCUT2D eigenvalue weighted by molar-refractivity contribution is -0.132. The molecular formula is C24H14Br2N2O3S. The number of thiazole rings is 1. The topological polar surface area (TPSA) is 70.5 Å². The van der Waals surface area contributed by atoms with Crippen molar-refractivity contribution in [2.24, 2.45) is 0 Å². The third kappa shape index (κ3) is 3.58. The Hall–Kier alpha value is -2.81. The molecule has 0 saturated carbocycles. The molecule has 5 rings (SSSR count). The van der Waals surface area contributed by atoms with Crippen molar-refractivity contribution in [3.8, 4) is 0 Å². The van der Waals surface area contributed by atoms with Crippen LogP contribution >= 0.6 is 43.2 Å². The lowest BCUT2D eigenvalue weighted by Gasteiger charge is -2.23. The number of aliphatic hydroxyl groups excluding tert-OH is 1. The predicted octanol–water partition coefficient (Wildman–Crippen LogP) is 6.45. The van der Waals surface area contributed by atoms with Crippen molar-refractivity contribution in [1.82, 2.24) is 4.98 Å². The lowest BCUT2D eigenvalue weighted by Crippen LogP contribution is -2.29. The number of benzene rings is 3. The second-order valence-electron chi connectivity index (χ2n) is 7.20. The second kappa shape index (κ2) is 8.27. The van der Waals surface area contributed by atoms with Gasteiger partial charge in [0.1, 0.15) is 5.76 Å². The van der Waals surface area contributed by atoms with Crippen molar-refractivity contribution in [2.75, 3.05) is 4.90 Å². The van der Waals surface area contributed by atoms with Crippen LogP contribution in [-0.4, -0.2) is 21.8 Å². The molecule has 1 aliphatic heterocycles. The Labute approximate surface area is 204 Å². The number of Topliss-reactive ketones (excluding diaryl/α,β-unsaturated/α-hetero) is 1. The Morgan fingerprint density at radius 2 is 1.62 bits per heavy atom. The molecule has 0 radical (unpaired) electrons. The van der Waals surface area contributed by atoms with Crippen LogP contribution in [0.25, 0.3) is 16.0 Å². The number of halogens is 2. The van der Waals surface area contributed by atoms with Crippen molar-refractivity contribution in [2.45, 2.75) is 6.04 Å². The number of aromatic nitrogens is 1. The quantitative estimate of drug-likeness (QED) is 0.175. The summed E-state index contributed by atoms with van der Waals surface area (Å²) >= 11 is 8.20. The first-order valence-corrected chi connectivity index (χ1v) is 12.0. The van der Waals surface area contributed by atoms with Crippen molar-refractivity contribution in [1.29, 1.82) is 0 Å². The number of anilines is 1. The summed E-state index contributed by atoms with van der Waals surface area (Å²) in [6.45, 7) is 0. The van der Waals surface area contributed by atoms with Crippen LogP contribution in [0.5, 0.6) is 0 Å². The smallest absolute Gasteiger partial charge is 0.301 e. The third-order valence-corrected chi connectivity index (χ3v) is 7.26. The van der Waals surface area contributed by atoms with Gasteiger partial charge in [-0.3, -0.25) is 14.5 Å². The molecule has 1 amide bonds. The fourth-order valence-electron chi connectivity index (χ4n) is 3.73. The Morgan fingerprint density at radius 3 is 2.34 bits per heavy atom. The molecule has 158 valence electrons. The van der Waals surface area contributed by atoms with Crippen LogP contribution in [0, 0.1) is 0 Å². The molecule has 0 aliphatic carbocycles. The Morgan fingerprint density at radius 1 is 0.938 bits per heavy atom. The number of nitrogens with zero attached hydrogens (tertiary/aromatic N) is 2. The second-order valence-corrected chi connectivity index (χ2v) is 10.0. The Kier molecular flexibility index (Phi) is 5.44. The van der Waals surface area contributed by atoms with E-state index in [0.717, 1.165) is 19.2 Å². The van der Waals surface area contributed by atoms with E-state index in [4.69, 9.17) is 0 Å². The molecule has 1 fully saturated rings. The first kappa shape index (κ1) is 21.1. The highest BCUT2D eigenvalue weighted by Crippen LogP contribution is 2.44. The van der Waals surface area contributed by atoms with Crippen molar-refractivity contribution < 1.29 is 14.7 Å². The summed E-state index contributed by atoms with van der Waals surface area (Å²) < 4.78 is 2.65. The summed E-state index contributed by atoms with van der Waals surface area (Å²) in [6.07, 6.45) is 0. The monoisotopic (exact) mass is 568 g/mol. The summed E-state index contributed by atoms with van der Waals surface area (Å²) in [7, 11) is 0. The molecule has 1 aromatic heterocycles. The number of aliphatic hydroxyl groups is 1. The first-order valence-electron chi connectivity index (χ1n) is 9.62. The molecule has 0 spiro atoms. The maximum atomic E-state index is 13.2. The number of fused-ring (bicyclic) bond motifs is 1. The number of carbonyl (C=O) groups excluding carboxylic acids is 2. The number of ketones is 1. The molecule has 8 heteroatoms. The van der Waals surface area contributed by atoms with Crippen LogP contribution in [0.4, 0.5) is 5.13 Å². The number of hydrogen-bond donors (Lipinski definition) is 1. The molecule has 5 nitrogen and oxygen atoms in total. The van der Waals surface area contributed by atoms with Crippen molar-refractivity contribution in [3.63, 3.8) is 0 Å². The van der Waals surface area contributed by atoms with Crippen molar-refractivity contribution in [3.05, 3.63) is 98.4 Å².